The van der Waals surface area contributed by atoms with Crippen LogP contribution in [0.25, 0.3) is 0 Å². The van der Waals surface area contributed by atoms with Crippen LogP contribution >= 0.6 is 0 Å². The van der Waals surface area contributed by atoms with Crippen LogP contribution in [0.1, 0.15) is 22.8 Å². The van der Waals surface area contributed by atoms with Gasteiger partial charge in [0.1, 0.15) is 11.5 Å². The van der Waals surface area contributed by atoms with Crippen molar-refractivity contribution in [2.24, 2.45) is 0 Å². The Bertz CT molecular complexity index is 1370. The fraction of sp³-hybridized carbons (Fsp3) is 0.321. The van der Waals surface area contributed by atoms with Crippen LogP contribution < -0.4 is 9.47 Å². The van der Waals surface area contributed by atoms with Gasteiger partial charge in [-0.3, -0.25) is 4.90 Å². The Labute approximate surface area is 227 Å². The third-order valence-corrected chi connectivity index (χ3v) is 8.35. The topological polar surface area (TPSA) is 92.1 Å². The number of sulfonamides is 1. The molecule has 0 unspecified atom stereocenters. The SMILES string of the molecule is COc1cccc([C@H](CN2CCN(S(=O)(=O)c3ccc(OC(F)F)cc3)CC2)OCc2ccc(C#N)cc2)c1. The highest BCUT2D eigenvalue weighted by molar-refractivity contribution is 7.89. The van der Waals surface area contributed by atoms with Crippen molar-refractivity contribution in [3.05, 3.63) is 89.5 Å². The maximum Gasteiger partial charge on any atom is 0.387 e. The molecule has 1 aliphatic rings. The third kappa shape index (κ3) is 7.52. The molecule has 1 heterocycles. The molecule has 206 valence electrons. The number of methoxy groups -OCH3 is 1. The Balaban J connectivity index is 1.41. The number of rotatable bonds is 11. The lowest BCUT2D eigenvalue weighted by Crippen LogP contribution is -2.49. The van der Waals surface area contributed by atoms with Gasteiger partial charge >= 0.3 is 6.61 Å². The highest BCUT2D eigenvalue weighted by Crippen LogP contribution is 2.26. The minimum Gasteiger partial charge on any atom is -0.497 e. The zero-order valence-corrected chi connectivity index (χ0v) is 22.2. The van der Waals surface area contributed by atoms with E-state index in [0.717, 1.165) is 11.1 Å². The maximum absolute atomic E-state index is 13.1. The summed E-state index contributed by atoms with van der Waals surface area (Å²) in [5.41, 5.74) is 2.44. The van der Waals surface area contributed by atoms with Gasteiger partial charge in [-0.1, -0.05) is 24.3 Å². The average Bonchev–Trinajstić information content (AvgIpc) is 2.95. The molecule has 0 N–H and O–H groups in total. The fourth-order valence-corrected chi connectivity index (χ4v) is 5.72. The van der Waals surface area contributed by atoms with Crippen LogP contribution in [0.4, 0.5) is 8.78 Å². The Kier molecular flexibility index (Phi) is 9.48. The largest absolute Gasteiger partial charge is 0.497 e. The van der Waals surface area contributed by atoms with Gasteiger partial charge < -0.3 is 14.2 Å². The average molecular weight is 558 g/mol. The van der Waals surface area contributed by atoms with Crippen molar-refractivity contribution >= 4 is 10.0 Å². The first-order chi connectivity index (χ1) is 18.8. The molecule has 1 saturated heterocycles. The first-order valence-electron chi connectivity index (χ1n) is 12.3. The van der Waals surface area contributed by atoms with Gasteiger partial charge in [0, 0.05) is 32.7 Å². The van der Waals surface area contributed by atoms with Crippen molar-refractivity contribution in [1.29, 1.82) is 5.26 Å². The molecule has 0 saturated carbocycles. The second-order valence-electron chi connectivity index (χ2n) is 8.94. The summed E-state index contributed by atoms with van der Waals surface area (Å²) in [4.78, 5) is 2.17. The van der Waals surface area contributed by atoms with Crippen LogP contribution in [-0.2, 0) is 21.4 Å². The van der Waals surface area contributed by atoms with Gasteiger partial charge in [-0.25, -0.2) is 8.42 Å². The Morgan fingerprint density at radius 1 is 0.949 bits per heavy atom. The molecule has 3 aromatic rings. The van der Waals surface area contributed by atoms with E-state index in [1.165, 1.54) is 28.6 Å². The molecule has 1 aliphatic heterocycles. The quantitative estimate of drug-likeness (QED) is 0.344. The number of ether oxygens (including phenoxy) is 3. The summed E-state index contributed by atoms with van der Waals surface area (Å²) in [6.07, 6.45) is -0.304. The molecule has 1 fully saturated rings. The molecule has 0 aromatic heterocycles. The number of hydrogen-bond acceptors (Lipinski definition) is 7. The summed E-state index contributed by atoms with van der Waals surface area (Å²) in [6, 6.07) is 22.0. The summed E-state index contributed by atoms with van der Waals surface area (Å²) >= 11 is 0. The van der Waals surface area contributed by atoms with Crippen molar-refractivity contribution < 1.29 is 31.4 Å². The first kappa shape index (κ1) is 28.4. The third-order valence-electron chi connectivity index (χ3n) is 6.44. The summed E-state index contributed by atoms with van der Waals surface area (Å²) in [5, 5.41) is 9.03. The summed E-state index contributed by atoms with van der Waals surface area (Å²) in [6.45, 7) is -0.561. The van der Waals surface area contributed by atoms with Gasteiger partial charge in [-0.05, 0) is 59.7 Å². The number of alkyl halides is 2. The van der Waals surface area contributed by atoms with E-state index in [1.807, 2.05) is 36.4 Å². The number of benzene rings is 3. The van der Waals surface area contributed by atoms with Crippen molar-refractivity contribution in [3.8, 4) is 17.6 Å². The van der Waals surface area contributed by atoms with E-state index >= 15 is 0 Å². The van der Waals surface area contributed by atoms with E-state index < -0.39 is 16.6 Å². The van der Waals surface area contributed by atoms with Crippen molar-refractivity contribution in [1.82, 2.24) is 9.21 Å². The summed E-state index contributed by atoms with van der Waals surface area (Å²) in [7, 11) is -2.18. The molecule has 0 spiro atoms. The van der Waals surface area contributed by atoms with Crippen LogP contribution in [0.5, 0.6) is 11.5 Å². The molecule has 0 amide bonds. The van der Waals surface area contributed by atoms with Gasteiger partial charge in [0.25, 0.3) is 0 Å². The highest BCUT2D eigenvalue weighted by Gasteiger charge is 2.30. The Morgan fingerprint density at radius 2 is 1.64 bits per heavy atom. The van der Waals surface area contributed by atoms with Crippen molar-refractivity contribution in [2.45, 2.75) is 24.2 Å². The molecular weight excluding hydrogens is 528 g/mol. The lowest BCUT2D eigenvalue weighted by Gasteiger charge is -2.36. The number of halogens is 2. The molecular formula is C28H29F2N3O5S. The predicted molar refractivity (Wildman–Crippen MR) is 140 cm³/mol. The molecule has 39 heavy (non-hydrogen) atoms. The molecule has 8 nitrogen and oxygen atoms in total. The minimum atomic E-state index is -3.78. The number of hydrogen-bond donors (Lipinski definition) is 0. The van der Waals surface area contributed by atoms with Gasteiger partial charge in [-0.15, -0.1) is 0 Å². The summed E-state index contributed by atoms with van der Waals surface area (Å²) in [5.74, 6) is 0.610. The molecule has 0 radical (unpaired) electrons. The maximum atomic E-state index is 13.1. The second-order valence-corrected chi connectivity index (χ2v) is 10.9. The molecule has 4 rings (SSSR count). The molecule has 3 aromatic carbocycles. The minimum absolute atomic E-state index is 0.0255. The molecule has 1 atom stereocenters. The van der Waals surface area contributed by atoms with E-state index in [4.69, 9.17) is 14.7 Å². The van der Waals surface area contributed by atoms with Gasteiger partial charge in [0.15, 0.2) is 0 Å². The van der Waals surface area contributed by atoms with Crippen molar-refractivity contribution in [3.63, 3.8) is 0 Å². The van der Waals surface area contributed by atoms with Crippen LogP contribution in [0.2, 0.25) is 0 Å². The Morgan fingerprint density at radius 3 is 2.26 bits per heavy atom. The van der Waals surface area contributed by atoms with Crippen LogP contribution in [0, 0.1) is 11.3 Å². The fourth-order valence-electron chi connectivity index (χ4n) is 4.30. The zero-order valence-electron chi connectivity index (χ0n) is 21.4. The van der Waals surface area contributed by atoms with E-state index in [1.54, 1.807) is 19.2 Å². The smallest absolute Gasteiger partial charge is 0.387 e. The highest BCUT2D eigenvalue weighted by atomic mass is 32.2. The molecule has 0 bridgehead atoms. The van der Waals surface area contributed by atoms with E-state index in [-0.39, 0.29) is 29.8 Å². The second kappa shape index (κ2) is 13.0. The molecule has 11 heteroatoms. The van der Waals surface area contributed by atoms with Crippen LogP contribution in [0.15, 0.2) is 77.7 Å². The van der Waals surface area contributed by atoms with E-state index in [2.05, 4.69) is 15.7 Å². The van der Waals surface area contributed by atoms with E-state index in [0.29, 0.717) is 37.6 Å². The predicted octanol–water partition coefficient (Wildman–Crippen LogP) is 4.43. The Hall–Kier alpha value is -3.56. The van der Waals surface area contributed by atoms with Gasteiger partial charge in [0.05, 0.1) is 36.3 Å². The molecule has 0 aliphatic carbocycles. The summed E-state index contributed by atoms with van der Waals surface area (Å²) < 4.78 is 68.4. The van der Waals surface area contributed by atoms with Gasteiger partial charge in [0.2, 0.25) is 10.0 Å². The number of nitrogens with zero attached hydrogens (tertiary/aromatic N) is 3. The van der Waals surface area contributed by atoms with Crippen LogP contribution in [-0.4, -0.2) is 64.1 Å². The normalized spacial score (nSPS) is 15.6. The van der Waals surface area contributed by atoms with Crippen LogP contribution in [0.3, 0.4) is 0 Å². The lowest BCUT2D eigenvalue weighted by atomic mass is 10.1. The van der Waals surface area contributed by atoms with E-state index in [9.17, 15) is 17.2 Å². The zero-order chi connectivity index (χ0) is 27.8. The lowest BCUT2D eigenvalue weighted by molar-refractivity contribution is -0.0498. The first-order valence-corrected chi connectivity index (χ1v) is 13.7. The van der Waals surface area contributed by atoms with Gasteiger partial charge in [-0.2, -0.15) is 18.3 Å². The number of piperazine rings is 1. The monoisotopic (exact) mass is 557 g/mol. The number of nitriles is 1. The standard InChI is InChI=1S/C28H29F2N3O5S/c1-36-25-4-2-3-23(17-25)27(37-20-22-7-5-21(18-31)6-8-22)19-32-13-15-33(16-14-32)39(34,35)26-11-9-24(10-12-26)38-28(29)30/h2-12,17,27-28H,13-16,19-20H2,1H3/t27-/m0/s1. The van der Waals surface area contributed by atoms with Crippen molar-refractivity contribution in [2.75, 3.05) is 39.8 Å².